The fraction of sp³-hybridized carbons (Fsp3) is 0.686. The van der Waals surface area contributed by atoms with Crippen molar-refractivity contribution < 1.29 is 0 Å². The van der Waals surface area contributed by atoms with Gasteiger partial charge in [-0.2, -0.15) is 0 Å². The summed E-state index contributed by atoms with van der Waals surface area (Å²) in [6, 6.07) is 5.96. The van der Waals surface area contributed by atoms with Gasteiger partial charge in [0.25, 0.3) is 0 Å². The van der Waals surface area contributed by atoms with Crippen molar-refractivity contribution in [3.8, 4) is 0 Å². The van der Waals surface area contributed by atoms with E-state index in [-0.39, 0.29) is 0 Å². The van der Waals surface area contributed by atoms with Crippen molar-refractivity contribution in [2.45, 2.75) is 152 Å². The van der Waals surface area contributed by atoms with E-state index in [4.69, 9.17) is 0 Å². The monoisotopic (exact) mass is 808 g/mol. The number of hydrogen-bond donors (Lipinski definition) is 0. The summed E-state index contributed by atoms with van der Waals surface area (Å²) in [7, 11) is -11.1. The molecule has 0 N–H and O–H groups in total. The summed E-state index contributed by atoms with van der Waals surface area (Å²) in [6.45, 7) is 57.2. The van der Waals surface area contributed by atoms with Gasteiger partial charge in [0.15, 0.2) is 0 Å². The van der Waals surface area contributed by atoms with E-state index >= 15 is 0 Å². The van der Waals surface area contributed by atoms with Crippen LogP contribution >= 0.6 is 0 Å². The molecule has 43 heavy (non-hydrogen) atoms. The maximum absolute atomic E-state index is 2.98. The summed E-state index contributed by atoms with van der Waals surface area (Å²) in [5.74, 6) is 0. The van der Waals surface area contributed by atoms with E-state index < -0.39 is 75.8 Å². The molecule has 0 aliphatic carbocycles. The van der Waals surface area contributed by atoms with Crippen LogP contribution in [0.1, 0.15) is 27.0 Å². The third-order valence-electron chi connectivity index (χ3n) is 10.2. The van der Waals surface area contributed by atoms with E-state index in [0.29, 0.717) is 4.28 Å². The fourth-order valence-electron chi connectivity index (χ4n) is 11.4. The van der Waals surface area contributed by atoms with Crippen LogP contribution in [0.15, 0.2) is 34.5 Å². The quantitative estimate of drug-likeness (QED) is 0.195. The first-order chi connectivity index (χ1) is 18.8. The summed E-state index contributed by atoms with van der Waals surface area (Å²) in [5, 5.41) is 1.56. The molecule has 244 valence electrons. The number of allylic oxidation sites excluding steroid dienone is 3. The first-order valence-corrected chi connectivity index (χ1v) is 46.6. The Labute approximate surface area is 284 Å². The molecule has 0 fully saturated rings. The minimum absolute atomic E-state index is 0.405. The van der Waals surface area contributed by atoms with Crippen molar-refractivity contribution >= 4 is 83.4 Å². The molecule has 0 saturated carbocycles. The van der Waals surface area contributed by atoms with Crippen LogP contribution in [0.3, 0.4) is 0 Å². The molecule has 1 aromatic rings. The van der Waals surface area contributed by atoms with Crippen LogP contribution in [0.5, 0.6) is 0 Å². The predicted octanol–water partition coefficient (Wildman–Crippen LogP) is 11.0. The molecule has 1 heterocycles. The Morgan fingerprint density at radius 2 is 0.791 bits per heavy atom. The molecule has 0 nitrogen and oxygen atoms in total. The molecular formula is C35H72Si7Sn. The Morgan fingerprint density at radius 1 is 0.465 bits per heavy atom. The Morgan fingerprint density at radius 3 is 1.02 bits per heavy atom. The average Bonchev–Trinajstić information content (AvgIpc) is 2.67. The summed E-state index contributed by atoms with van der Waals surface area (Å²) in [4.78, 5) is 0. The fourth-order valence-corrected chi connectivity index (χ4v) is 74.8. The average molecular weight is 808 g/mol. The van der Waals surface area contributed by atoms with Crippen LogP contribution in [0.4, 0.5) is 0 Å². The van der Waals surface area contributed by atoms with Crippen molar-refractivity contribution in [2.24, 2.45) is 0 Å². The van der Waals surface area contributed by atoms with Gasteiger partial charge in [0.05, 0.1) is 0 Å². The molecule has 8 heteroatoms. The summed E-state index contributed by atoms with van der Waals surface area (Å²) in [5.41, 5.74) is 5.61. The second-order valence-corrected chi connectivity index (χ2v) is 66.8. The van der Waals surface area contributed by atoms with E-state index in [9.17, 15) is 0 Å². The molecule has 1 aromatic carbocycles. The van der Waals surface area contributed by atoms with E-state index in [0.717, 1.165) is 10.3 Å². The molecule has 0 saturated heterocycles. The maximum atomic E-state index is 2.98. The summed E-state index contributed by atoms with van der Waals surface area (Å²) < 4.78 is 7.79. The Balaban J connectivity index is 3.56. The molecule has 0 radical (unpaired) electrons. The van der Waals surface area contributed by atoms with Gasteiger partial charge >= 0.3 is 287 Å². The SMILES string of the molecule is C[Si](C)(C)C(c1cc(C([Si](C)(C)C)([Si](C)(C)C)[Si](C)(C)C)cc(C([Si](C)(C)C)[Si](C)(C)C)[c]1[Sn]1=[CH]C=CC=[CH]1)[Si](C)(C)C. The van der Waals surface area contributed by atoms with Crippen molar-refractivity contribution in [3.05, 3.63) is 51.1 Å². The zero-order valence-electron chi connectivity index (χ0n) is 32.7. The second-order valence-electron chi connectivity index (χ2n) is 21.2. The van der Waals surface area contributed by atoms with Gasteiger partial charge in [0, 0.05) is 0 Å². The summed E-state index contributed by atoms with van der Waals surface area (Å²) >= 11 is -2.19. The Bertz CT molecular complexity index is 1140. The number of benzene rings is 1. The molecule has 1 aliphatic heterocycles. The van der Waals surface area contributed by atoms with Gasteiger partial charge in [-0.1, -0.05) is 0 Å². The Kier molecular flexibility index (Phi) is 11.9. The van der Waals surface area contributed by atoms with Gasteiger partial charge in [-0.3, -0.25) is 0 Å². The van der Waals surface area contributed by atoms with Crippen LogP contribution in [-0.2, 0) is 4.28 Å². The second kappa shape index (κ2) is 12.7. The molecule has 0 amide bonds. The van der Waals surface area contributed by atoms with Crippen LogP contribution in [0.2, 0.25) is 137 Å². The van der Waals surface area contributed by atoms with E-state index in [1.54, 1.807) is 0 Å². The van der Waals surface area contributed by atoms with Crippen molar-refractivity contribution in [3.63, 3.8) is 0 Å². The van der Waals surface area contributed by atoms with Crippen LogP contribution < -0.4 is 3.58 Å². The van der Waals surface area contributed by atoms with Crippen molar-refractivity contribution in [2.75, 3.05) is 0 Å². The number of hydrogen-bond acceptors (Lipinski definition) is 0. The normalized spacial score (nSPS) is 16.4. The van der Waals surface area contributed by atoms with E-state index in [1.807, 2.05) is 20.3 Å². The third-order valence-corrected chi connectivity index (χ3v) is 56.3. The van der Waals surface area contributed by atoms with Gasteiger partial charge in [0.1, 0.15) is 0 Å². The topological polar surface area (TPSA) is 0 Å². The van der Waals surface area contributed by atoms with Crippen molar-refractivity contribution in [1.29, 1.82) is 0 Å². The first-order valence-electron chi connectivity index (χ1n) is 17.0. The summed E-state index contributed by atoms with van der Waals surface area (Å²) in [6.07, 6.45) is 7.12. The van der Waals surface area contributed by atoms with E-state index in [2.05, 4.69) is 176 Å². The number of rotatable bonds is 11. The molecule has 0 spiro atoms. The first kappa shape index (κ1) is 40.1. The van der Waals surface area contributed by atoms with Gasteiger partial charge in [0.2, 0.25) is 0 Å². The molecule has 2 rings (SSSR count). The van der Waals surface area contributed by atoms with Gasteiger partial charge in [-0.25, -0.2) is 0 Å². The van der Waals surface area contributed by atoms with Gasteiger partial charge in [-0.05, 0) is 0 Å². The molecular weight excluding hydrogens is 736 g/mol. The zero-order chi connectivity index (χ0) is 34.0. The molecule has 0 unspecified atom stereocenters. The van der Waals surface area contributed by atoms with Crippen LogP contribution in [0, 0.1) is 0 Å². The molecule has 0 atom stereocenters. The van der Waals surface area contributed by atoms with Crippen molar-refractivity contribution in [1.82, 2.24) is 0 Å². The Hall–Kier alpha value is 0.887. The predicted molar refractivity (Wildman–Crippen MR) is 227 cm³/mol. The molecule has 0 aromatic heterocycles. The minimum atomic E-state index is -2.19. The molecule has 1 aliphatic rings. The van der Waals surface area contributed by atoms with Gasteiger partial charge in [-0.15, -0.1) is 0 Å². The third kappa shape index (κ3) is 8.13. The van der Waals surface area contributed by atoms with E-state index in [1.165, 1.54) is 0 Å². The van der Waals surface area contributed by atoms with Crippen LogP contribution in [0.25, 0.3) is 0 Å². The van der Waals surface area contributed by atoms with Crippen LogP contribution in [-0.4, -0.2) is 79.8 Å². The van der Waals surface area contributed by atoms with Gasteiger partial charge < -0.3 is 0 Å². The zero-order valence-corrected chi connectivity index (χ0v) is 42.6. The standard InChI is InChI=1S/C30H67Si7.C5H5.Sn/c1-31(2,3)28(32(4,5)6)25-22-26(29(33(7,8)9)34(10,11)12)24-27(23-25)30(35(13,14)15,36(16,17)18)37(19,20)21;1-3-5-4-2;/h23-24,28-29H,1-21H3;1-5H;. The molecule has 0 bridgehead atoms.